The molecule has 1 aromatic carbocycles. The molecule has 0 aliphatic carbocycles. The van der Waals surface area contributed by atoms with Gasteiger partial charge in [-0.2, -0.15) is 5.10 Å². The Kier molecular flexibility index (Phi) is 5.70. The van der Waals surface area contributed by atoms with E-state index in [0.29, 0.717) is 34.2 Å². The first-order valence-electron chi connectivity index (χ1n) is 8.79. The van der Waals surface area contributed by atoms with Crippen molar-refractivity contribution in [1.82, 2.24) is 14.8 Å². The zero-order valence-electron chi connectivity index (χ0n) is 16.0. The molecule has 0 aliphatic rings. The van der Waals surface area contributed by atoms with Gasteiger partial charge in [-0.25, -0.2) is 9.07 Å². The van der Waals surface area contributed by atoms with Gasteiger partial charge in [0.1, 0.15) is 11.0 Å². The van der Waals surface area contributed by atoms with Crippen LogP contribution in [-0.2, 0) is 6.54 Å². The van der Waals surface area contributed by atoms with Crippen molar-refractivity contribution >= 4 is 29.4 Å². The van der Waals surface area contributed by atoms with Gasteiger partial charge in [0.05, 0.1) is 23.9 Å². The number of rotatable bonds is 6. The number of carboxylic acid groups (broad SMARTS) is 1. The Hall–Kier alpha value is -3.19. The number of ketones is 1. The summed E-state index contributed by atoms with van der Waals surface area (Å²) in [5.41, 5.74) is 2.98. The van der Waals surface area contributed by atoms with Crippen molar-refractivity contribution in [1.29, 1.82) is 0 Å². The van der Waals surface area contributed by atoms with Crippen molar-refractivity contribution in [3.05, 3.63) is 80.6 Å². The minimum absolute atomic E-state index is 0.111. The van der Waals surface area contributed by atoms with E-state index in [0.717, 1.165) is 5.56 Å². The lowest BCUT2D eigenvalue weighted by Gasteiger charge is -2.03. The van der Waals surface area contributed by atoms with Crippen LogP contribution in [0.2, 0.25) is 5.15 Å². The van der Waals surface area contributed by atoms with Crippen LogP contribution in [0.5, 0.6) is 0 Å². The van der Waals surface area contributed by atoms with Crippen molar-refractivity contribution in [2.45, 2.75) is 27.3 Å². The monoisotopic (exact) mass is 414 g/mol. The van der Waals surface area contributed by atoms with Gasteiger partial charge in [0.15, 0.2) is 5.78 Å². The first kappa shape index (κ1) is 20.5. The molecule has 1 N–H and O–H groups in total. The molecule has 0 aliphatic heterocycles. The van der Waals surface area contributed by atoms with Crippen LogP contribution in [0, 0.1) is 26.6 Å². The maximum absolute atomic E-state index is 13.1. The number of H-pyrrole nitrogens is 1. The molecule has 0 fully saturated rings. The number of aryl methyl sites for hydroxylation is 2. The summed E-state index contributed by atoms with van der Waals surface area (Å²) in [5.74, 6) is -2.05. The second-order valence-electron chi connectivity index (χ2n) is 6.68. The van der Waals surface area contributed by atoms with Crippen LogP contribution in [-0.4, -0.2) is 26.5 Å². The predicted octanol–water partition coefficient (Wildman–Crippen LogP) is 3.24. The Balaban J connectivity index is 1.86. The average molecular weight is 415 g/mol. The summed E-state index contributed by atoms with van der Waals surface area (Å²) in [4.78, 5) is 26.4. The van der Waals surface area contributed by atoms with Gasteiger partial charge in [-0.15, -0.1) is 0 Å². The Morgan fingerprint density at radius 1 is 1.24 bits per heavy atom. The zero-order valence-corrected chi connectivity index (χ0v) is 16.8. The molecular weight excluding hydrogens is 397 g/mol. The Morgan fingerprint density at radius 3 is 2.48 bits per heavy atom. The topological polar surface area (TPSA) is 90.8 Å². The van der Waals surface area contributed by atoms with Gasteiger partial charge in [0.2, 0.25) is 0 Å². The predicted molar refractivity (Wildman–Crippen MR) is 105 cm³/mol. The van der Waals surface area contributed by atoms with E-state index in [9.17, 15) is 19.1 Å². The fourth-order valence-electron chi connectivity index (χ4n) is 3.19. The highest BCUT2D eigenvalue weighted by Crippen LogP contribution is 2.24. The Bertz CT molecular complexity index is 1130. The van der Waals surface area contributed by atoms with Crippen LogP contribution in [0.4, 0.5) is 4.39 Å². The molecule has 0 amide bonds. The van der Waals surface area contributed by atoms with E-state index < -0.39 is 5.97 Å². The molecule has 0 saturated carbocycles. The largest absolute Gasteiger partial charge is 0.543 e. The third-order valence-corrected chi connectivity index (χ3v) is 5.04. The number of halogens is 2. The lowest BCUT2D eigenvalue weighted by molar-refractivity contribution is -0.255. The van der Waals surface area contributed by atoms with Crippen LogP contribution in [0.25, 0.3) is 6.08 Å². The van der Waals surface area contributed by atoms with Gasteiger partial charge in [0.25, 0.3) is 0 Å². The van der Waals surface area contributed by atoms with Gasteiger partial charge in [0, 0.05) is 16.8 Å². The fraction of sp³-hybridized carbons (Fsp3) is 0.190. The Morgan fingerprint density at radius 2 is 1.90 bits per heavy atom. The van der Waals surface area contributed by atoms with Crippen LogP contribution in [0.15, 0.2) is 30.3 Å². The molecule has 29 heavy (non-hydrogen) atoms. The summed E-state index contributed by atoms with van der Waals surface area (Å²) in [7, 11) is 0. The van der Waals surface area contributed by atoms with E-state index in [1.54, 1.807) is 43.7 Å². The highest BCUT2D eigenvalue weighted by atomic mass is 35.5. The summed E-state index contributed by atoms with van der Waals surface area (Å²) in [5, 5.41) is 15.8. The number of nitrogens with zero attached hydrogens (tertiary/aromatic N) is 2. The van der Waals surface area contributed by atoms with E-state index in [2.05, 4.69) is 10.1 Å². The molecule has 2 aromatic heterocycles. The fourth-order valence-corrected chi connectivity index (χ4v) is 3.49. The molecule has 2 heterocycles. The van der Waals surface area contributed by atoms with E-state index in [4.69, 9.17) is 11.6 Å². The van der Waals surface area contributed by atoms with Crippen molar-refractivity contribution in [2.24, 2.45) is 0 Å². The van der Waals surface area contributed by atoms with Gasteiger partial charge in [-0.05, 0) is 56.2 Å². The third-order valence-electron chi connectivity index (χ3n) is 4.64. The van der Waals surface area contributed by atoms with Crippen molar-refractivity contribution in [3.63, 3.8) is 0 Å². The van der Waals surface area contributed by atoms with Gasteiger partial charge in [-0.3, -0.25) is 4.79 Å². The number of carboxylic acids is 1. The quantitative estimate of drug-likeness (QED) is 0.495. The van der Waals surface area contributed by atoms with Crippen molar-refractivity contribution in [3.8, 4) is 0 Å². The number of allylic oxidation sites excluding steroid dienone is 1. The smallest absolute Gasteiger partial charge is 0.187 e. The lowest BCUT2D eigenvalue weighted by atomic mass is 10.0. The van der Waals surface area contributed by atoms with E-state index in [1.165, 1.54) is 18.2 Å². The molecule has 3 rings (SSSR count). The highest BCUT2D eigenvalue weighted by molar-refractivity contribution is 6.31. The molecule has 0 radical (unpaired) electrons. The normalized spacial score (nSPS) is 11.3. The summed E-state index contributed by atoms with van der Waals surface area (Å²) >= 11 is 6.42. The standard InChI is InChI=1S/C21H19ClFN3O3/c1-11-18(13(3)24-19(11)21(28)29)17(27)9-8-16-12(2)25-26(20(16)22)10-14-4-6-15(23)7-5-14/h4-9,24H,10H2,1-3H3,(H,28,29)/p-1/b9-8+. The van der Waals surface area contributed by atoms with Crippen LogP contribution in [0.1, 0.15) is 48.9 Å². The molecular formula is C21H18ClFN3O3-. The number of aromatic carboxylic acids is 1. The number of nitrogens with one attached hydrogen (secondary N) is 1. The van der Waals surface area contributed by atoms with Gasteiger partial charge in [-0.1, -0.05) is 23.7 Å². The number of aromatic nitrogens is 3. The lowest BCUT2D eigenvalue weighted by Crippen LogP contribution is -2.23. The molecule has 0 spiro atoms. The number of hydrogen-bond donors (Lipinski definition) is 1. The molecule has 3 aromatic rings. The Labute approximate surface area is 171 Å². The van der Waals surface area contributed by atoms with Crippen molar-refractivity contribution in [2.75, 3.05) is 0 Å². The molecule has 8 heteroatoms. The molecule has 0 bridgehead atoms. The zero-order chi connectivity index (χ0) is 21.3. The highest BCUT2D eigenvalue weighted by Gasteiger charge is 2.18. The minimum Gasteiger partial charge on any atom is -0.543 e. The number of carbonyl (C=O) groups is 2. The van der Waals surface area contributed by atoms with Crippen molar-refractivity contribution < 1.29 is 19.1 Å². The summed E-state index contributed by atoms with van der Waals surface area (Å²) < 4.78 is 14.6. The van der Waals surface area contributed by atoms with Crippen LogP contribution >= 0.6 is 11.6 Å². The summed E-state index contributed by atoms with van der Waals surface area (Å²) in [6.45, 7) is 5.29. The molecule has 0 unspecified atom stereocenters. The number of hydrogen-bond acceptors (Lipinski definition) is 4. The SMILES string of the molecule is Cc1nn(Cc2ccc(F)cc2)c(Cl)c1/C=C/C(=O)c1c(C)[nH]c(C(=O)[O-])c1C. The number of carbonyl (C=O) groups excluding carboxylic acids is 2. The third kappa shape index (κ3) is 4.14. The van der Waals surface area contributed by atoms with Gasteiger partial charge < -0.3 is 14.9 Å². The first-order chi connectivity index (χ1) is 13.7. The van der Waals surface area contributed by atoms with Gasteiger partial charge >= 0.3 is 0 Å². The van der Waals surface area contributed by atoms with E-state index >= 15 is 0 Å². The van der Waals surface area contributed by atoms with Crippen LogP contribution < -0.4 is 5.11 Å². The minimum atomic E-state index is -1.37. The first-order valence-corrected chi connectivity index (χ1v) is 9.17. The maximum atomic E-state index is 13.1. The van der Waals surface area contributed by atoms with E-state index in [-0.39, 0.29) is 22.9 Å². The van der Waals surface area contributed by atoms with E-state index in [1.807, 2.05) is 0 Å². The maximum Gasteiger partial charge on any atom is 0.187 e. The summed E-state index contributed by atoms with van der Waals surface area (Å²) in [6.07, 6.45) is 2.89. The second kappa shape index (κ2) is 8.05. The number of aromatic amines is 1. The molecule has 0 atom stereocenters. The number of benzene rings is 1. The average Bonchev–Trinajstić information content (AvgIpc) is 3.10. The van der Waals surface area contributed by atoms with Crippen LogP contribution in [0.3, 0.4) is 0 Å². The molecule has 0 saturated heterocycles. The molecule has 6 nitrogen and oxygen atoms in total. The second-order valence-corrected chi connectivity index (χ2v) is 7.04. The summed E-state index contributed by atoms with van der Waals surface area (Å²) in [6, 6.07) is 6.02. The molecule has 150 valence electrons.